The Morgan fingerprint density at radius 3 is 2.55 bits per heavy atom. The Morgan fingerprint density at radius 1 is 1.19 bits per heavy atom. The third kappa shape index (κ3) is 5.61. The minimum Gasteiger partial charge on any atom is -0.482 e. The number of nitrogens with one attached hydrogen (secondary N) is 2. The molecule has 10 heteroatoms. The average molecular weight is 444 g/mol. The maximum atomic E-state index is 12.2. The highest BCUT2D eigenvalue weighted by Crippen LogP contribution is 2.27. The summed E-state index contributed by atoms with van der Waals surface area (Å²) < 4.78 is 5.44. The normalized spacial score (nSPS) is 14.5. The minimum absolute atomic E-state index is 0.0755. The number of hydrogen-bond donors (Lipinski definition) is 3. The van der Waals surface area contributed by atoms with Gasteiger partial charge in [0.15, 0.2) is 6.61 Å². The van der Waals surface area contributed by atoms with Crippen molar-refractivity contribution in [2.75, 3.05) is 18.5 Å². The molecule has 160 valence electrons. The van der Waals surface area contributed by atoms with Gasteiger partial charge in [0.25, 0.3) is 11.8 Å². The first-order chi connectivity index (χ1) is 14.7. The zero-order chi connectivity index (χ0) is 22.5. The molecular formula is C21H18ClN3O6. The number of carbonyl (C=O) groups excluding carboxylic acids is 3. The highest BCUT2D eigenvalue weighted by Gasteiger charge is 2.34. The molecule has 1 aliphatic rings. The molecule has 0 bridgehead atoms. The summed E-state index contributed by atoms with van der Waals surface area (Å²) in [5, 5.41) is 14.0. The molecule has 4 amide bonds. The number of rotatable bonds is 7. The maximum absolute atomic E-state index is 12.2. The third-order valence-electron chi connectivity index (χ3n) is 4.22. The molecule has 0 aliphatic carbocycles. The second-order valence-electron chi connectivity index (χ2n) is 6.67. The van der Waals surface area contributed by atoms with Gasteiger partial charge in [-0.15, -0.1) is 0 Å². The molecule has 0 saturated carbocycles. The highest BCUT2D eigenvalue weighted by molar-refractivity contribution is 6.32. The van der Waals surface area contributed by atoms with E-state index >= 15 is 0 Å². The Hall–Kier alpha value is -3.85. The fourth-order valence-corrected chi connectivity index (χ4v) is 2.96. The van der Waals surface area contributed by atoms with Crippen molar-refractivity contribution < 1.29 is 29.0 Å². The van der Waals surface area contributed by atoms with E-state index in [4.69, 9.17) is 21.4 Å². The lowest BCUT2D eigenvalue weighted by molar-refractivity contribution is -0.140. The number of benzene rings is 2. The number of urea groups is 1. The molecule has 2 aromatic rings. The van der Waals surface area contributed by atoms with Crippen LogP contribution in [0.5, 0.6) is 5.75 Å². The van der Waals surface area contributed by atoms with E-state index in [1.807, 2.05) is 19.1 Å². The van der Waals surface area contributed by atoms with Crippen LogP contribution in [0.25, 0.3) is 6.08 Å². The predicted molar refractivity (Wildman–Crippen MR) is 113 cm³/mol. The van der Waals surface area contributed by atoms with Gasteiger partial charge in [-0.3, -0.25) is 14.4 Å². The van der Waals surface area contributed by atoms with Gasteiger partial charge in [0.05, 0.1) is 5.02 Å². The number of imide groups is 1. The lowest BCUT2D eigenvalue weighted by Crippen LogP contribution is -2.35. The SMILES string of the molecule is Cc1ccc(NC(=O)COc2ccc(/C=C3/NC(=O)N(CC(=O)O)C3=O)cc2Cl)cc1. The van der Waals surface area contributed by atoms with E-state index in [1.54, 1.807) is 18.2 Å². The maximum Gasteiger partial charge on any atom is 0.329 e. The summed E-state index contributed by atoms with van der Waals surface area (Å²) >= 11 is 6.19. The van der Waals surface area contributed by atoms with E-state index in [1.165, 1.54) is 18.2 Å². The molecule has 31 heavy (non-hydrogen) atoms. The van der Waals surface area contributed by atoms with Gasteiger partial charge in [-0.25, -0.2) is 9.69 Å². The molecule has 0 aromatic heterocycles. The first kappa shape index (κ1) is 21.8. The number of amides is 4. The van der Waals surface area contributed by atoms with Crippen LogP contribution in [0.4, 0.5) is 10.5 Å². The third-order valence-corrected chi connectivity index (χ3v) is 4.51. The van der Waals surface area contributed by atoms with Gasteiger partial charge < -0.3 is 20.5 Å². The molecule has 3 rings (SSSR count). The lowest BCUT2D eigenvalue weighted by atomic mass is 10.2. The van der Waals surface area contributed by atoms with Crippen LogP contribution in [0.3, 0.4) is 0 Å². The van der Waals surface area contributed by atoms with E-state index in [0.717, 1.165) is 5.56 Å². The van der Waals surface area contributed by atoms with Gasteiger partial charge in [-0.1, -0.05) is 35.4 Å². The van der Waals surface area contributed by atoms with Gasteiger partial charge in [-0.05, 0) is 42.8 Å². The van der Waals surface area contributed by atoms with Gasteiger partial charge in [0, 0.05) is 5.69 Å². The van der Waals surface area contributed by atoms with E-state index in [-0.39, 0.29) is 29.0 Å². The van der Waals surface area contributed by atoms with Crippen molar-refractivity contribution in [3.63, 3.8) is 0 Å². The van der Waals surface area contributed by atoms with Crippen LogP contribution in [0.2, 0.25) is 5.02 Å². The molecular weight excluding hydrogens is 426 g/mol. The van der Waals surface area contributed by atoms with Crippen molar-refractivity contribution in [2.45, 2.75) is 6.92 Å². The van der Waals surface area contributed by atoms with Gasteiger partial charge in [0.2, 0.25) is 0 Å². The fraction of sp³-hybridized carbons (Fsp3) is 0.143. The number of carboxylic acids is 1. The molecule has 1 heterocycles. The topological polar surface area (TPSA) is 125 Å². The Labute approximate surface area is 182 Å². The Kier molecular flexibility index (Phi) is 6.56. The molecule has 3 N–H and O–H groups in total. The number of ether oxygens (including phenoxy) is 1. The van der Waals surface area contributed by atoms with Crippen molar-refractivity contribution in [3.05, 3.63) is 64.3 Å². The zero-order valence-corrected chi connectivity index (χ0v) is 17.1. The number of hydrogen-bond acceptors (Lipinski definition) is 5. The highest BCUT2D eigenvalue weighted by atomic mass is 35.5. The van der Waals surface area contributed by atoms with E-state index in [0.29, 0.717) is 16.2 Å². The largest absolute Gasteiger partial charge is 0.482 e. The van der Waals surface area contributed by atoms with Gasteiger partial charge in [-0.2, -0.15) is 0 Å². The summed E-state index contributed by atoms with van der Waals surface area (Å²) in [7, 11) is 0. The molecule has 0 radical (unpaired) electrons. The monoisotopic (exact) mass is 443 g/mol. The first-order valence-electron chi connectivity index (χ1n) is 9.08. The molecule has 2 aromatic carbocycles. The minimum atomic E-state index is -1.30. The predicted octanol–water partition coefficient (Wildman–Crippen LogP) is 2.64. The molecule has 1 saturated heterocycles. The molecule has 9 nitrogen and oxygen atoms in total. The van der Waals surface area contributed by atoms with E-state index < -0.39 is 24.5 Å². The quantitative estimate of drug-likeness (QED) is 0.446. The zero-order valence-electron chi connectivity index (χ0n) is 16.3. The van der Waals surface area contributed by atoms with Crippen LogP contribution in [0.15, 0.2) is 48.2 Å². The summed E-state index contributed by atoms with van der Waals surface area (Å²) in [4.78, 5) is 47.3. The van der Waals surface area contributed by atoms with Crippen molar-refractivity contribution >= 4 is 47.2 Å². The number of anilines is 1. The Bertz CT molecular complexity index is 1080. The number of nitrogens with zero attached hydrogens (tertiary/aromatic N) is 1. The number of aliphatic carboxylic acids is 1. The number of halogens is 1. The van der Waals surface area contributed by atoms with Crippen molar-refractivity contribution in [1.29, 1.82) is 0 Å². The van der Waals surface area contributed by atoms with E-state index in [2.05, 4.69) is 10.6 Å². The molecule has 1 aliphatic heterocycles. The van der Waals surface area contributed by atoms with Crippen molar-refractivity contribution in [2.24, 2.45) is 0 Å². The van der Waals surface area contributed by atoms with Crippen LogP contribution < -0.4 is 15.4 Å². The van der Waals surface area contributed by atoms with Crippen LogP contribution in [0, 0.1) is 6.92 Å². The second-order valence-corrected chi connectivity index (χ2v) is 7.07. The van der Waals surface area contributed by atoms with Gasteiger partial charge >= 0.3 is 12.0 Å². The first-order valence-corrected chi connectivity index (χ1v) is 9.46. The van der Waals surface area contributed by atoms with Gasteiger partial charge in [0.1, 0.15) is 18.0 Å². The summed E-state index contributed by atoms with van der Waals surface area (Å²) in [5.41, 5.74) is 2.12. The van der Waals surface area contributed by atoms with Crippen LogP contribution in [-0.2, 0) is 14.4 Å². The average Bonchev–Trinajstić information content (AvgIpc) is 2.96. The van der Waals surface area contributed by atoms with Crippen LogP contribution in [0.1, 0.15) is 11.1 Å². The van der Waals surface area contributed by atoms with Crippen molar-refractivity contribution in [1.82, 2.24) is 10.2 Å². The summed E-state index contributed by atoms with van der Waals surface area (Å²) in [6, 6.07) is 11.1. The Balaban J connectivity index is 1.62. The summed E-state index contributed by atoms with van der Waals surface area (Å²) in [6.45, 7) is 0.950. The molecule has 1 fully saturated rings. The summed E-state index contributed by atoms with van der Waals surface area (Å²) in [5.74, 6) is -2.15. The molecule has 0 spiro atoms. The second kappa shape index (κ2) is 9.31. The standard InChI is InChI=1S/C21H18ClN3O6/c1-12-2-5-14(6-3-12)23-18(26)11-31-17-7-4-13(8-15(17)22)9-16-20(29)25(10-19(27)28)21(30)24-16/h2-9H,10-11H2,1H3,(H,23,26)(H,24,30)(H,27,28)/b16-9+. The number of carbonyl (C=O) groups is 4. The van der Waals surface area contributed by atoms with Crippen LogP contribution >= 0.6 is 11.6 Å². The fourth-order valence-electron chi connectivity index (χ4n) is 2.72. The number of aryl methyl sites for hydroxylation is 1. The van der Waals surface area contributed by atoms with E-state index in [9.17, 15) is 19.2 Å². The smallest absolute Gasteiger partial charge is 0.329 e. The lowest BCUT2D eigenvalue weighted by Gasteiger charge is -2.10. The number of carboxylic acid groups (broad SMARTS) is 1. The molecule has 0 atom stereocenters. The van der Waals surface area contributed by atoms with Crippen LogP contribution in [-0.4, -0.2) is 47.0 Å². The summed E-state index contributed by atoms with van der Waals surface area (Å²) in [6.07, 6.45) is 1.36. The Morgan fingerprint density at radius 2 is 1.90 bits per heavy atom. The molecule has 0 unspecified atom stereocenters. The van der Waals surface area contributed by atoms with Crippen molar-refractivity contribution in [3.8, 4) is 5.75 Å².